The molecule has 0 spiro atoms. The van der Waals surface area contributed by atoms with Gasteiger partial charge in [0.15, 0.2) is 0 Å². The molecule has 0 radical (unpaired) electrons. The number of nitrogens with two attached hydrogens (primary N) is 1. The first kappa shape index (κ1) is 15.6. The molecule has 0 aromatic carbocycles. The van der Waals surface area contributed by atoms with Gasteiger partial charge in [-0.1, -0.05) is 0 Å². The van der Waals surface area contributed by atoms with Crippen LogP contribution in [0.5, 0.6) is 6.01 Å². The van der Waals surface area contributed by atoms with E-state index in [4.69, 9.17) is 10.6 Å². The molecule has 0 bridgehead atoms. The van der Waals surface area contributed by atoms with Crippen molar-refractivity contribution in [2.24, 2.45) is 5.84 Å². The van der Waals surface area contributed by atoms with Crippen LogP contribution in [0.3, 0.4) is 0 Å². The highest BCUT2D eigenvalue weighted by molar-refractivity contribution is 7.84. The second-order valence-electron chi connectivity index (χ2n) is 4.13. The molecule has 1 unspecified atom stereocenters. The summed E-state index contributed by atoms with van der Waals surface area (Å²) in [6.45, 7) is 4.38. The van der Waals surface area contributed by atoms with Gasteiger partial charge < -0.3 is 10.1 Å². The Morgan fingerprint density at radius 1 is 1.32 bits per heavy atom. The maximum absolute atomic E-state index is 10.9. The number of hydrogen-bond acceptors (Lipinski definition) is 8. The molecule has 4 N–H and O–H groups in total. The monoisotopic (exact) mass is 288 g/mol. The number of nitrogens with one attached hydrogen (secondary N) is 2. The molecule has 108 valence electrons. The summed E-state index contributed by atoms with van der Waals surface area (Å²) in [5.74, 6) is 6.53. The van der Waals surface area contributed by atoms with E-state index in [1.807, 2.05) is 13.8 Å². The Morgan fingerprint density at radius 2 is 2.00 bits per heavy atom. The van der Waals surface area contributed by atoms with E-state index >= 15 is 0 Å². The lowest BCUT2D eigenvalue weighted by Gasteiger charge is -2.10. The number of hydrazine groups is 1. The van der Waals surface area contributed by atoms with E-state index in [2.05, 4.69) is 25.7 Å². The minimum atomic E-state index is -0.792. The summed E-state index contributed by atoms with van der Waals surface area (Å²) >= 11 is 0. The first-order valence-electron chi connectivity index (χ1n) is 5.94. The lowest BCUT2D eigenvalue weighted by molar-refractivity contribution is 0.222. The summed E-state index contributed by atoms with van der Waals surface area (Å²) in [4.78, 5) is 12.1. The molecule has 9 heteroatoms. The van der Waals surface area contributed by atoms with E-state index in [1.165, 1.54) is 0 Å². The van der Waals surface area contributed by atoms with E-state index in [9.17, 15) is 4.21 Å². The van der Waals surface area contributed by atoms with Crippen LogP contribution in [0.4, 0.5) is 11.9 Å². The number of nitrogens with zero attached hydrogens (tertiary/aromatic N) is 3. The summed E-state index contributed by atoms with van der Waals surface area (Å²) in [5.41, 5.74) is 2.36. The maximum Gasteiger partial charge on any atom is 0.323 e. The lowest BCUT2D eigenvalue weighted by atomic mass is 10.5. The SMILES string of the molecule is CC(C)Oc1nc(NN)nc(NCCCS(C)=O)n1. The number of ether oxygens (including phenoxy) is 1. The van der Waals surface area contributed by atoms with Crippen LogP contribution in [0.2, 0.25) is 0 Å². The van der Waals surface area contributed by atoms with Crippen molar-refractivity contribution in [1.29, 1.82) is 0 Å². The maximum atomic E-state index is 10.9. The van der Waals surface area contributed by atoms with Gasteiger partial charge in [0.1, 0.15) is 0 Å². The van der Waals surface area contributed by atoms with E-state index in [-0.39, 0.29) is 18.1 Å². The first-order valence-corrected chi connectivity index (χ1v) is 7.67. The number of anilines is 2. The molecule has 0 aliphatic carbocycles. The molecule has 0 aliphatic heterocycles. The predicted octanol–water partition coefficient (Wildman–Crippen LogP) is 0.125. The molecule has 1 heterocycles. The van der Waals surface area contributed by atoms with Crippen LogP contribution in [0, 0.1) is 0 Å². The van der Waals surface area contributed by atoms with E-state index in [0.717, 1.165) is 6.42 Å². The Morgan fingerprint density at radius 3 is 2.58 bits per heavy atom. The first-order chi connectivity index (χ1) is 9.01. The van der Waals surface area contributed by atoms with E-state index in [0.29, 0.717) is 18.2 Å². The predicted molar refractivity (Wildman–Crippen MR) is 75.4 cm³/mol. The van der Waals surface area contributed by atoms with Crippen LogP contribution in [-0.4, -0.2) is 43.8 Å². The topological polar surface area (TPSA) is 115 Å². The number of aromatic nitrogens is 3. The largest absolute Gasteiger partial charge is 0.461 e. The fraction of sp³-hybridized carbons (Fsp3) is 0.700. The molecule has 1 aromatic rings. The van der Waals surface area contributed by atoms with Gasteiger partial charge in [0, 0.05) is 29.4 Å². The van der Waals surface area contributed by atoms with E-state index < -0.39 is 10.8 Å². The lowest BCUT2D eigenvalue weighted by Crippen LogP contribution is -2.17. The van der Waals surface area contributed by atoms with Crippen molar-refractivity contribution in [3.8, 4) is 6.01 Å². The Bertz CT molecular complexity index is 428. The van der Waals surface area contributed by atoms with Crippen molar-refractivity contribution in [2.75, 3.05) is 29.3 Å². The fourth-order valence-corrected chi connectivity index (χ4v) is 1.79. The number of rotatable bonds is 8. The highest BCUT2D eigenvalue weighted by atomic mass is 32.2. The quantitative estimate of drug-likeness (QED) is 0.351. The van der Waals surface area contributed by atoms with Gasteiger partial charge >= 0.3 is 6.01 Å². The molecular formula is C10H20N6O2S. The van der Waals surface area contributed by atoms with Crippen molar-refractivity contribution < 1.29 is 8.95 Å². The van der Waals surface area contributed by atoms with Crippen LogP contribution < -0.4 is 21.3 Å². The summed E-state index contributed by atoms with van der Waals surface area (Å²) in [6.07, 6.45) is 2.40. The zero-order valence-electron chi connectivity index (χ0n) is 11.3. The Kier molecular flexibility index (Phi) is 6.43. The molecule has 0 aliphatic rings. The van der Waals surface area contributed by atoms with Crippen molar-refractivity contribution in [3.63, 3.8) is 0 Å². The molecular weight excluding hydrogens is 268 g/mol. The highest BCUT2D eigenvalue weighted by Crippen LogP contribution is 2.11. The molecule has 8 nitrogen and oxygen atoms in total. The standard InChI is InChI=1S/C10H20N6O2S/c1-7(2)18-10-14-8(13-9(15-10)16-11)12-5-4-6-19(3)17/h7H,4-6,11H2,1-3H3,(H2,12,13,14,15,16). The summed E-state index contributed by atoms with van der Waals surface area (Å²) in [5, 5.41) is 3.02. The average Bonchev–Trinajstić information content (AvgIpc) is 2.33. The van der Waals surface area contributed by atoms with Gasteiger partial charge in [0.05, 0.1) is 6.10 Å². The van der Waals surface area contributed by atoms with Crippen molar-refractivity contribution in [1.82, 2.24) is 15.0 Å². The van der Waals surface area contributed by atoms with Crippen molar-refractivity contribution in [2.45, 2.75) is 26.4 Å². The molecule has 19 heavy (non-hydrogen) atoms. The van der Waals surface area contributed by atoms with Crippen LogP contribution >= 0.6 is 0 Å². The van der Waals surface area contributed by atoms with Crippen LogP contribution in [-0.2, 0) is 10.8 Å². The number of hydrogen-bond donors (Lipinski definition) is 3. The average molecular weight is 288 g/mol. The van der Waals surface area contributed by atoms with Crippen LogP contribution in [0.1, 0.15) is 20.3 Å². The zero-order valence-corrected chi connectivity index (χ0v) is 12.2. The van der Waals surface area contributed by atoms with Crippen LogP contribution in [0.15, 0.2) is 0 Å². The fourth-order valence-electron chi connectivity index (χ4n) is 1.24. The molecule has 0 amide bonds. The third-order valence-corrected chi connectivity index (χ3v) is 2.84. The molecule has 0 fully saturated rings. The van der Waals surface area contributed by atoms with Crippen molar-refractivity contribution >= 4 is 22.7 Å². The van der Waals surface area contributed by atoms with Gasteiger partial charge in [-0.2, -0.15) is 15.0 Å². The molecule has 1 rings (SSSR count). The molecule has 1 atom stereocenters. The number of nitrogen functional groups attached to an aromatic ring is 1. The van der Waals surface area contributed by atoms with Gasteiger partial charge in [-0.05, 0) is 20.3 Å². The van der Waals surface area contributed by atoms with Gasteiger partial charge in [0.25, 0.3) is 0 Å². The smallest absolute Gasteiger partial charge is 0.323 e. The Balaban J connectivity index is 2.63. The van der Waals surface area contributed by atoms with E-state index in [1.54, 1.807) is 6.26 Å². The molecule has 0 saturated carbocycles. The van der Waals surface area contributed by atoms with Gasteiger partial charge in [-0.15, -0.1) is 0 Å². The van der Waals surface area contributed by atoms with Gasteiger partial charge in [-0.25, -0.2) is 5.84 Å². The summed E-state index contributed by atoms with van der Waals surface area (Å²) in [7, 11) is -0.792. The Labute approximate surface area is 115 Å². The third kappa shape index (κ3) is 6.30. The normalized spacial score (nSPS) is 12.3. The Hall–Kier alpha value is -1.48. The van der Waals surface area contributed by atoms with Crippen LogP contribution in [0.25, 0.3) is 0 Å². The third-order valence-electron chi connectivity index (χ3n) is 1.98. The minimum absolute atomic E-state index is 0.0385. The van der Waals surface area contributed by atoms with Gasteiger partial charge in [-0.3, -0.25) is 9.63 Å². The molecule has 1 aromatic heterocycles. The van der Waals surface area contributed by atoms with Gasteiger partial charge in [0.2, 0.25) is 11.9 Å². The zero-order chi connectivity index (χ0) is 14.3. The minimum Gasteiger partial charge on any atom is -0.461 e. The summed E-state index contributed by atoms with van der Waals surface area (Å²) < 4.78 is 16.3. The molecule has 0 saturated heterocycles. The highest BCUT2D eigenvalue weighted by Gasteiger charge is 2.08. The van der Waals surface area contributed by atoms with Crippen molar-refractivity contribution in [3.05, 3.63) is 0 Å². The summed E-state index contributed by atoms with van der Waals surface area (Å²) in [6, 6.07) is 0.208. The second kappa shape index (κ2) is 7.85. The second-order valence-corrected chi connectivity index (χ2v) is 5.69.